The van der Waals surface area contributed by atoms with E-state index in [-0.39, 0.29) is 11.3 Å². The summed E-state index contributed by atoms with van der Waals surface area (Å²) < 4.78 is 28.7. The first-order chi connectivity index (χ1) is 11.3. The number of hydrogen-bond donors (Lipinski definition) is 2. The SMILES string of the molecule is O=C(O)CS(=O)(=O)CC(=O)NCC1CC12CCOc1ccccc12. The molecule has 1 aliphatic carbocycles. The summed E-state index contributed by atoms with van der Waals surface area (Å²) in [5.41, 5.74) is 1.15. The van der Waals surface area contributed by atoms with Crippen molar-refractivity contribution in [2.24, 2.45) is 5.92 Å². The number of hydrogen-bond acceptors (Lipinski definition) is 5. The highest BCUT2D eigenvalue weighted by Crippen LogP contribution is 2.60. The molecule has 2 atom stereocenters. The van der Waals surface area contributed by atoms with E-state index in [2.05, 4.69) is 5.32 Å². The first-order valence-electron chi connectivity index (χ1n) is 7.74. The number of aliphatic carboxylic acids is 1. The molecule has 1 heterocycles. The molecule has 2 aliphatic rings. The largest absolute Gasteiger partial charge is 0.493 e. The fourth-order valence-electron chi connectivity index (χ4n) is 3.49. The van der Waals surface area contributed by atoms with E-state index in [1.54, 1.807) is 0 Å². The van der Waals surface area contributed by atoms with Gasteiger partial charge in [0.15, 0.2) is 9.84 Å². The Morgan fingerprint density at radius 3 is 2.79 bits per heavy atom. The second-order valence-corrected chi connectivity index (χ2v) is 8.45. The van der Waals surface area contributed by atoms with Gasteiger partial charge in [-0.15, -0.1) is 0 Å². The summed E-state index contributed by atoms with van der Waals surface area (Å²) in [7, 11) is -3.92. The van der Waals surface area contributed by atoms with Crippen molar-refractivity contribution >= 4 is 21.7 Å². The number of para-hydroxylation sites is 1. The van der Waals surface area contributed by atoms with Crippen molar-refractivity contribution < 1.29 is 27.9 Å². The third-order valence-corrected chi connectivity index (χ3v) is 6.09. The molecule has 1 aliphatic heterocycles. The quantitative estimate of drug-likeness (QED) is 0.763. The van der Waals surface area contributed by atoms with Gasteiger partial charge in [-0.05, 0) is 24.8 Å². The number of sulfone groups is 1. The number of nitrogens with one attached hydrogen (secondary N) is 1. The van der Waals surface area contributed by atoms with Gasteiger partial charge in [-0.25, -0.2) is 8.42 Å². The maximum Gasteiger partial charge on any atom is 0.318 e. The van der Waals surface area contributed by atoms with Crippen LogP contribution in [0, 0.1) is 5.92 Å². The van der Waals surface area contributed by atoms with Crippen molar-refractivity contribution in [1.29, 1.82) is 0 Å². The lowest BCUT2D eigenvalue weighted by atomic mass is 9.87. The van der Waals surface area contributed by atoms with Gasteiger partial charge >= 0.3 is 5.97 Å². The topological polar surface area (TPSA) is 110 Å². The Morgan fingerprint density at radius 1 is 1.29 bits per heavy atom. The summed E-state index contributed by atoms with van der Waals surface area (Å²) in [6.07, 6.45) is 1.80. The van der Waals surface area contributed by atoms with Crippen molar-refractivity contribution in [3.05, 3.63) is 29.8 Å². The average molecular weight is 353 g/mol. The zero-order valence-corrected chi connectivity index (χ0v) is 13.8. The van der Waals surface area contributed by atoms with E-state index in [0.29, 0.717) is 13.2 Å². The highest BCUT2D eigenvalue weighted by molar-refractivity contribution is 7.92. The number of ether oxygens (including phenoxy) is 1. The minimum absolute atomic E-state index is 0.00205. The number of rotatable bonds is 6. The van der Waals surface area contributed by atoms with E-state index in [0.717, 1.165) is 24.2 Å². The number of carbonyl (C=O) groups is 2. The van der Waals surface area contributed by atoms with Crippen molar-refractivity contribution in [2.45, 2.75) is 18.3 Å². The Hall–Kier alpha value is -2.09. The van der Waals surface area contributed by atoms with Crippen molar-refractivity contribution in [3.63, 3.8) is 0 Å². The first kappa shape index (κ1) is 16.8. The number of fused-ring (bicyclic) bond motifs is 2. The summed E-state index contributed by atoms with van der Waals surface area (Å²) in [5, 5.41) is 11.2. The minimum atomic E-state index is -3.92. The lowest BCUT2D eigenvalue weighted by molar-refractivity contribution is -0.134. The van der Waals surface area contributed by atoms with Gasteiger partial charge in [0.1, 0.15) is 17.3 Å². The molecule has 0 aromatic heterocycles. The third-order valence-electron chi connectivity index (χ3n) is 4.70. The first-order valence-corrected chi connectivity index (χ1v) is 9.56. The van der Waals surface area contributed by atoms with Crippen molar-refractivity contribution in [3.8, 4) is 5.75 Å². The van der Waals surface area contributed by atoms with Crippen LogP contribution in [0.15, 0.2) is 24.3 Å². The second-order valence-electron chi connectivity index (χ2n) is 6.38. The van der Waals surface area contributed by atoms with E-state index in [1.807, 2.05) is 24.3 Å². The molecule has 130 valence electrons. The highest BCUT2D eigenvalue weighted by Gasteiger charge is 2.57. The second kappa shape index (κ2) is 6.08. The number of carboxylic acid groups (broad SMARTS) is 1. The molecule has 1 fully saturated rings. The van der Waals surface area contributed by atoms with Crippen molar-refractivity contribution in [2.75, 3.05) is 24.7 Å². The molecule has 2 unspecified atom stereocenters. The molecule has 8 heteroatoms. The maximum atomic E-state index is 11.8. The van der Waals surface area contributed by atoms with Crippen LogP contribution < -0.4 is 10.1 Å². The van der Waals surface area contributed by atoms with Crippen LogP contribution in [-0.2, 0) is 24.8 Å². The normalized spacial score (nSPS) is 24.8. The van der Waals surface area contributed by atoms with E-state index in [1.165, 1.54) is 0 Å². The van der Waals surface area contributed by atoms with Gasteiger partial charge in [0.2, 0.25) is 5.91 Å². The lowest BCUT2D eigenvalue weighted by Crippen LogP contribution is -2.35. The molecule has 1 amide bonds. The monoisotopic (exact) mass is 353 g/mol. The van der Waals surface area contributed by atoms with Gasteiger partial charge < -0.3 is 15.2 Å². The molecule has 7 nitrogen and oxygen atoms in total. The van der Waals surface area contributed by atoms with Crippen LogP contribution in [0.5, 0.6) is 5.75 Å². The van der Waals surface area contributed by atoms with E-state index >= 15 is 0 Å². The molecule has 3 rings (SSSR count). The Labute approximate surface area is 139 Å². The van der Waals surface area contributed by atoms with Gasteiger partial charge in [0.25, 0.3) is 0 Å². The number of carboxylic acids is 1. The summed E-state index contributed by atoms with van der Waals surface area (Å²) >= 11 is 0. The van der Waals surface area contributed by atoms with Gasteiger partial charge in [0, 0.05) is 17.5 Å². The summed E-state index contributed by atoms with van der Waals surface area (Å²) in [6, 6.07) is 7.85. The average Bonchev–Trinajstić information content (AvgIpc) is 3.17. The van der Waals surface area contributed by atoms with Crippen LogP contribution in [0.3, 0.4) is 0 Å². The smallest absolute Gasteiger partial charge is 0.318 e. The van der Waals surface area contributed by atoms with Crippen LogP contribution in [0.25, 0.3) is 0 Å². The molecule has 1 aromatic rings. The third kappa shape index (κ3) is 3.38. The molecule has 0 saturated heterocycles. The molecule has 0 bridgehead atoms. The Morgan fingerprint density at radius 2 is 2.04 bits per heavy atom. The fourth-order valence-corrected chi connectivity index (χ4v) is 4.47. The molecular weight excluding hydrogens is 334 g/mol. The number of benzene rings is 1. The van der Waals surface area contributed by atoms with Gasteiger partial charge in [-0.3, -0.25) is 9.59 Å². The molecule has 2 N–H and O–H groups in total. The van der Waals surface area contributed by atoms with Gasteiger partial charge in [-0.2, -0.15) is 0 Å². The number of carbonyl (C=O) groups excluding carboxylic acids is 1. The lowest BCUT2D eigenvalue weighted by Gasteiger charge is -2.27. The zero-order valence-electron chi connectivity index (χ0n) is 13.0. The zero-order chi connectivity index (χ0) is 17.4. The van der Waals surface area contributed by atoms with Gasteiger partial charge in [-0.1, -0.05) is 18.2 Å². The molecule has 24 heavy (non-hydrogen) atoms. The highest BCUT2D eigenvalue weighted by atomic mass is 32.2. The van der Waals surface area contributed by atoms with E-state index in [4.69, 9.17) is 9.84 Å². The molecular formula is C16H19NO6S. The van der Waals surface area contributed by atoms with Crippen molar-refractivity contribution in [1.82, 2.24) is 5.32 Å². The van der Waals surface area contributed by atoms with Gasteiger partial charge in [0.05, 0.1) is 6.61 Å². The maximum absolute atomic E-state index is 11.8. The minimum Gasteiger partial charge on any atom is -0.493 e. The summed E-state index contributed by atoms with van der Waals surface area (Å²) in [6.45, 7) is 1.02. The molecule has 1 spiro atoms. The summed E-state index contributed by atoms with van der Waals surface area (Å²) in [5.74, 6) is -2.81. The van der Waals surface area contributed by atoms with E-state index in [9.17, 15) is 18.0 Å². The fraction of sp³-hybridized carbons (Fsp3) is 0.500. The predicted molar refractivity (Wildman–Crippen MR) is 85.6 cm³/mol. The molecule has 0 radical (unpaired) electrons. The van der Waals surface area contributed by atoms with Crippen LogP contribution in [-0.4, -0.2) is 50.1 Å². The summed E-state index contributed by atoms with van der Waals surface area (Å²) in [4.78, 5) is 22.3. The Bertz CT molecular complexity index is 775. The molecule has 1 aromatic carbocycles. The van der Waals surface area contributed by atoms with Crippen LogP contribution in [0.2, 0.25) is 0 Å². The van der Waals surface area contributed by atoms with E-state index < -0.39 is 33.2 Å². The molecule has 1 saturated carbocycles. The Balaban J connectivity index is 1.57. The van der Waals surface area contributed by atoms with Crippen LogP contribution in [0.1, 0.15) is 18.4 Å². The number of amides is 1. The predicted octanol–water partition coefficient (Wildman–Crippen LogP) is 0.342. The van der Waals surface area contributed by atoms with Crippen LogP contribution in [0.4, 0.5) is 0 Å². The van der Waals surface area contributed by atoms with Crippen LogP contribution >= 0.6 is 0 Å². The standard InChI is InChI=1S/C16H19NO6S/c18-14(9-24(21,22)10-15(19)20)17-8-11-7-16(11)5-6-23-13-4-2-1-3-12(13)16/h1-4,11H,5-10H2,(H,17,18)(H,19,20). The Kier molecular flexibility index (Phi) is 4.25.